The zero-order chi connectivity index (χ0) is 16.9. The van der Waals surface area contributed by atoms with E-state index in [2.05, 4.69) is 5.32 Å². The van der Waals surface area contributed by atoms with E-state index in [0.29, 0.717) is 19.5 Å². The van der Waals surface area contributed by atoms with E-state index < -0.39 is 28.9 Å². The second-order valence-electron chi connectivity index (χ2n) is 6.55. The van der Waals surface area contributed by atoms with Crippen LogP contribution in [0.2, 0.25) is 0 Å². The zero-order valence-corrected chi connectivity index (χ0v) is 12.8. The molecule has 1 saturated heterocycles. The summed E-state index contributed by atoms with van der Waals surface area (Å²) in [4.78, 5) is 26.0. The van der Waals surface area contributed by atoms with E-state index in [1.165, 1.54) is 4.90 Å². The number of hydrogen-bond donors (Lipinski definition) is 1. The van der Waals surface area contributed by atoms with Crippen molar-refractivity contribution in [1.82, 2.24) is 10.2 Å². The van der Waals surface area contributed by atoms with E-state index in [9.17, 15) is 22.8 Å². The minimum Gasteiger partial charge on any atom is -0.352 e. The summed E-state index contributed by atoms with van der Waals surface area (Å²) >= 11 is 0. The number of nitrogens with zero attached hydrogens (tertiary/aromatic N) is 1. The lowest BCUT2D eigenvalue weighted by Crippen LogP contribution is -2.63. The number of halogens is 3. The molecular formula is C16H17F3N2O2. The van der Waals surface area contributed by atoms with Gasteiger partial charge in [-0.1, -0.05) is 0 Å². The van der Waals surface area contributed by atoms with Crippen molar-refractivity contribution in [1.29, 1.82) is 0 Å². The molecular weight excluding hydrogens is 309 g/mol. The Morgan fingerprint density at radius 2 is 1.87 bits per heavy atom. The Labute approximate surface area is 131 Å². The first-order chi connectivity index (χ1) is 10.7. The Morgan fingerprint density at radius 1 is 1.26 bits per heavy atom. The molecule has 2 atom stereocenters. The standard InChI is InChI=1S/C16H17F3N2O2/c1-16(2)15(23)20-3-4-21(16)14(22)10-7-9(10)8-5-11(17)13(19)12(18)6-8/h5-6,9-10H,3-4,7H2,1-2H3,(H,20,23). The van der Waals surface area contributed by atoms with Gasteiger partial charge < -0.3 is 10.2 Å². The SMILES string of the molecule is CC1(C)C(=O)NCCN1C(=O)C1CC1c1cc(F)c(F)c(F)c1. The van der Waals surface area contributed by atoms with Gasteiger partial charge in [-0.05, 0) is 43.9 Å². The van der Waals surface area contributed by atoms with Crippen LogP contribution >= 0.6 is 0 Å². The van der Waals surface area contributed by atoms with Gasteiger partial charge in [0.15, 0.2) is 17.5 Å². The van der Waals surface area contributed by atoms with Crippen molar-refractivity contribution in [2.45, 2.75) is 31.7 Å². The van der Waals surface area contributed by atoms with E-state index in [-0.39, 0.29) is 23.3 Å². The molecule has 1 N–H and O–H groups in total. The summed E-state index contributed by atoms with van der Waals surface area (Å²) in [6.07, 6.45) is 0.442. The van der Waals surface area contributed by atoms with Crippen LogP contribution in [0.25, 0.3) is 0 Å². The highest BCUT2D eigenvalue weighted by atomic mass is 19.2. The van der Waals surface area contributed by atoms with Crippen molar-refractivity contribution in [3.63, 3.8) is 0 Å². The normalized spacial score (nSPS) is 26.0. The zero-order valence-electron chi connectivity index (χ0n) is 12.8. The third kappa shape index (κ3) is 2.58. The summed E-state index contributed by atoms with van der Waals surface area (Å²) < 4.78 is 39.7. The fourth-order valence-electron chi connectivity index (χ4n) is 3.11. The van der Waals surface area contributed by atoms with Gasteiger partial charge in [0.2, 0.25) is 11.8 Å². The van der Waals surface area contributed by atoms with E-state index in [0.717, 1.165) is 12.1 Å². The van der Waals surface area contributed by atoms with Crippen LogP contribution < -0.4 is 5.32 Å². The lowest BCUT2D eigenvalue weighted by molar-refractivity contribution is -0.150. The van der Waals surface area contributed by atoms with Crippen LogP contribution in [0.4, 0.5) is 13.2 Å². The molecule has 2 amide bonds. The van der Waals surface area contributed by atoms with E-state index in [4.69, 9.17) is 0 Å². The first-order valence-electron chi connectivity index (χ1n) is 7.47. The van der Waals surface area contributed by atoms with Crippen LogP contribution in [0.5, 0.6) is 0 Å². The Balaban J connectivity index is 1.78. The van der Waals surface area contributed by atoms with Crippen molar-refractivity contribution in [3.8, 4) is 0 Å². The molecule has 1 aliphatic heterocycles. The van der Waals surface area contributed by atoms with Crippen molar-refractivity contribution in [2.75, 3.05) is 13.1 Å². The summed E-state index contributed by atoms with van der Waals surface area (Å²) in [5.74, 6) is -5.22. The second kappa shape index (κ2) is 5.25. The Kier molecular flexibility index (Phi) is 3.61. The van der Waals surface area contributed by atoms with Gasteiger partial charge >= 0.3 is 0 Å². The molecule has 4 nitrogen and oxygen atoms in total. The number of carbonyl (C=O) groups excluding carboxylic acids is 2. The maximum absolute atomic E-state index is 13.3. The molecule has 2 aliphatic rings. The van der Waals surface area contributed by atoms with Crippen molar-refractivity contribution in [3.05, 3.63) is 35.1 Å². The van der Waals surface area contributed by atoms with Gasteiger partial charge in [-0.15, -0.1) is 0 Å². The van der Waals surface area contributed by atoms with Gasteiger partial charge in [0.25, 0.3) is 0 Å². The summed E-state index contributed by atoms with van der Waals surface area (Å²) in [6, 6.07) is 1.87. The number of piperazine rings is 1. The van der Waals surface area contributed by atoms with Gasteiger partial charge in [0.1, 0.15) is 5.54 Å². The molecule has 0 radical (unpaired) electrons. The van der Waals surface area contributed by atoms with Crippen molar-refractivity contribution < 1.29 is 22.8 Å². The molecule has 124 valence electrons. The lowest BCUT2D eigenvalue weighted by atomic mass is 9.97. The number of rotatable bonds is 2. The fraction of sp³-hybridized carbons (Fsp3) is 0.500. The number of hydrogen-bond acceptors (Lipinski definition) is 2. The molecule has 2 unspecified atom stereocenters. The Hall–Kier alpha value is -2.05. The Bertz CT molecular complexity index is 667. The smallest absolute Gasteiger partial charge is 0.245 e. The maximum Gasteiger partial charge on any atom is 0.245 e. The van der Waals surface area contributed by atoms with Crippen LogP contribution in [0.1, 0.15) is 31.7 Å². The maximum atomic E-state index is 13.3. The topological polar surface area (TPSA) is 49.4 Å². The highest BCUT2D eigenvalue weighted by molar-refractivity contribution is 5.93. The van der Waals surface area contributed by atoms with E-state index in [1.807, 2.05) is 0 Å². The van der Waals surface area contributed by atoms with Gasteiger partial charge in [0, 0.05) is 19.0 Å². The van der Waals surface area contributed by atoms with Gasteiger partial charge in [-0.25, -0.2) is 13.2 Å². The molecule has 1 saturated carbocycles. The van der Waals surface area contributed by atoms with Gasteiger partial charge in [-0.3, -0.25) is 9.59 Å². The molecule has 0 spiro atoms. The number of carbonyl (C=O) groups is 2. The predicted octanol–water partition coefficient (Wildman–Crippen LogP) is 1.94. The average molecular weight is 326 g/mol. The molecule has 0 aromatic heterocycles. The summed E-state index contributed by atoms with van der Waals surface area (Å²) in [6.45, 7) is 4.10. The van der Waals surface area contributed by atoms with Crippen LogP contribution in [-0.4, -0.2) is 35.3 Å². The number of benzene rings is 1. The molecule has 1 aliphatic carbocycles. The average Bonchev–Trinajstić information content (AvgIpc) is 3.27. The monoisotopic (exact) mass is 326 g/mol. The number of nitrogens with one attached hydrogen (secondary N) is 1. The largest absolute Gasteiger partial charge is 0.352 e. The molecule has 1 heterocycles. The van der Waals surface area contributed by atoms with Gasteiger partial charge in [0.05, 0.1) is 0 Å². The molecule has 1 aromatic carbocycles. The molecule has 3 rings (SSSR count). The first kappa shape index (κ1) is 15.8. The first-order valence-corrected chi connectivity index (χ1v) is 7.47. The molecule has 2 fully saturated rings. The van der Waals surface area contributed by atoms with Gasteiger partial charge in [-0.2, -0.15) is 0 Å². The molecule has 1 aromatic rings. The van der Waals surface area contributed by atoms with Crippen LogP contribution in [0, 0.1) is 23.4 Å². The lowest BCUT2D eigenvalue weighted by Gasteiger charge is -2.41. The summed E-state index contributed by atoms with van der Waals surface area (Å²) in [7, 11) is 0. The highest BCUT2D eigenvalue weighted by Gasteiger charge is 2.50. The minimum atomic E-state index is -1.51. The Morgan fingerprint density at radius 3 is 2.48 bits per heavy atom. The molecule has 23 heavy (non-hydrogen) atoms. The van der Waals surface area contributed by atoms with Crippen LogP contribution in [-0.2, 0) is 9.59 Å². The minimum absolute atomic E-state index is 0.208. The number of amides is 2. The quantitative estimate of drug-likeness (QED) is 0.845. The highest BCUT2D eigenvalue weighted by Crippen LogP contribution is 2.49. The third-order valence-electron chi connectivity index (χ3n) is 4.66. The van der Waals surface area contributed by atoms with E-state index in [1.54, 1.807) is 13.8 Å². The predicted molar refractivity (Wildman–Crippen MR) is 76.0 cm³/mol. The second-order valence-corrected chi connectivity index (χ2v) is 6.55. The van der Waals surface area contributed by atoms with Crippen LogP contribution in [0.3, 0.4) is 0 Å². The summed E-state index contributed by atoms with van der Waals surface area (Å²) in [5, 5.41) is 2.71. The van der Waals surface area contributed by atoms with Crippen molar-refractivity contribution >= 4 is 11.8 Å². The van der Waals surface area contributed by atoms with Crippen molar-refractivity contribution in [2.24, 2.45) is 5.92 Å². The third-order valence-corrected chi connectivity index (χ3v) is 4.66. The molecule has 7 heteroatoms. The van der Waals surface area contributed by atoms with Crippen LogP contribution in [0.15, 0.2) is 12.1 Å². The molecule has 0 bridgehead atoms. The summed E-state index contributed by atoms with van der Waals surface area (Å²) in [5.41, 5.74) is -0.680. The van der Waals surface area contributed by atoms with E-state index >= 15 is 0 Å². The fourth-order valence-corrected chi connectivity index (χ4v) is 3.11.